The fourth-order valence-electron chi connectivity index (χ4n) is 3.18. The summed E-state index contributed by atoms with van der Waals surface area (Å²) in [6.07, 6.45) is -0.887. The van der Waals surface area contributed by atoms with Crippen LogP contribution in [-0.2, 0) is 9.59 Å². The number of fused-ring (bicyclic) bond motifs is 1. The summed E-state index contributed by atoms with van der Waals surface area (Å²) in [5.74, 6) is -1.22. The zero-order valence-electron chi connectivity index (χ0n) is 21.0. The lowest BCUT2D eigenvalue weighted by Crippen LogP contribution is -2.28. The van der Waals surface area contributed by atoms with Gasteiger partial charge in [0.05, 0.1) is 22.9 Å². The Morgan fingerprint density at radius 2 is 1.49 bits per heavy atom. The first kappa shape index (κ1) is 26.1. The zero-order valence-corrected chi connectivity index (χ0v) is 21.0. The Morgan fingerprint density at radius 3 is 2.00 bits per heavy atom. The Hall–Kier alpha value is -3.52. The molecule has 2 amide bonds. The second-order valence-corrected chi connectivity index (χ2v) is 10.7. The highest BCUT2D eigenvalue weighted by molar-refractivity contribution is 6.03. The normalized spacial score (nSPS) is 12.9. The molecule has 0 aliphatic rings. The minimum atomic E-state index is -0.887. The third-order valence-corrected chi connectivity index (χ3v) is 5.45. The third-order valence-electron chi connectivity index (χ3n) is 5.45. The van der Waals surface area contributed by atoms with Gasteiger partial charge in [0, 0.05) is 22.5 Å². The largest absolute Gasteiger partial charge is 0.456 e. The molecule has 3 N–H and O–H groups in total. The van der Waals surface area contributed by atoms with Gasteiger partial charge in [-0.1, -0.05) is 41.5 Å². The molecule has 3 aromatic rings. The van der Waals surface area contributed by atoms with E-state index in [1.54, 1.807) is 54.5 Å². The van der Waals surface area contributed by atoms with E-state index in [-0.39, 0.29) is 45.5 Å². The molecule has 0 spiro atoms. The minimum Gasteiger partial charge on any atom is -0.456 e. The predicted molar refractivity (Wildman–Crippen MR) is 135 cm³/mol. The van der Waals surface area contributed by atoms with Crippen LogP contribution in [0.4, 0.5) is 15.8 Å². The first-order chi connectivity index (χ1) is 16.1. The molecule has 186 valence electrons. The van der Waals surface area contributed by atoms with E-state index in [9.17, 15) is 23.9 Å². The van der Waals surface area contributed by atoms with Gasteiger partial charge in [0.1, 0.15) is 17.2 Å². The van der Waals surface area contributed by atoms with Crippen molar-refractivity contribution in [3.63, 3.8) is 0 Å². The SMILES string of the molecule is CC(O)c1cc(NC(=O)C(C)(C)C)c2c(=O)cc(-c3ccc(NC(=O)C(C)(C)C)c(F)c3)oc2c1. The second-order valence-electron chi connectivity index (χ2n) is 10.7. The topological polar surface area (TPSA) is 109 Å². The van der Waals surface area contributed by atoms with Gasteiger partial charge in [-0.25, -0.2) is 4.39 Å². The molecular formula is C27H31FN2O5. The summed E-state index contributed by atoms with van der Waals surface area (Å²) in [6.45, 7) is 11.9. The molecule has 1 atom stereocenters. The van der Waals surface area contributed by atoms with E-state index in [1.807, 2.05) is 0 Å². The fourth-order valence-corrected chi connectivity index (χ4v) is 3.18. The molecule has 35 heavy (non-hydrogen) atoms. The fraction of sp³-hybridized carbons (Fsp3) is 0.370. The van der Waals surface area contributed by atoms with Crippen LogP contribution in [0.15, 0.2) is 45.6 Å². The number of amides is 2. The van der Waals surface area contributed by atoms with Crippen molar-refractivity contribution >= 4 is 34.2 Å². The van der Waals surface area contributed by atoms with Gasteiger partial charge < -0.3 is 20.2 Å². The number of anilines is 2. The molecule has 0 bridgehead atoms. The number of hydrogen-bond donors (Lipinski definition) is 3. The van der Waals surface area contributed by atoms with Crippen LogP contribution in [0.3, 0.4) is 0 Å². The van der Waals surface area contributed by atoms with Gasteiger partial charge >= 0.3 is 0 Å². The van der Waals surface area contributed by atoms with E-state index >= 15 is 0 Å². The lowest BCUT2D eigenvalue weighted by atomic mass is 9.95. The number of carbonyl (C=O) groups excluding carboxylic acids is 2. The molecule has 0 radical (unpaired) electrons. The number of carbonyl (C=O) groups is 2. The van der Waals surface area contributed by atoms with Crippen LogP contribution in [0.5, 0.6) is 0 Å². The summed E-state index contributed by atoms with van der Waals surface area (Å²) in [7, 11) is 0. The smallest absolute Gasteiger partial charge is 0.229 e. The molecule has 1 heterocycles. The second kappa shape index (κ2) is 9.26. The summed E-state index contributed by atoms with van der Waals surface area (Å²) in [6, 6.07) is 8.39. The summed E-state index contributed by atoms with van der Waals surface area (Å²) in [5, 5.41) is 15.6. The monoisotopic (exact) mass is 482 g/mol. The van der Waals surface area contributed by atoms with Crippen molar-refractivity contribution in [2.45, 2.75) is 54.6 Å². The number of nitrogens with one attached hydrogen (secondary N) is 2. The Balaban J connectivity index is 2.10. The summed E-state index contributed by atoms with van der Waals surface area (Å²) in [5.41, 5.74) is -0.738. The first-order valence-electron chi connectivity index (χ1n) is 11.3. The maximum Gasteiger partial charge on any atom is 0.229 e. The number of halogens is 1. The lowest BCUT2D eigenvalue weighted by Gasteiger charge is -2.19. The molecule has 0 saturated heterocycles. The van der Waals surface area contributed by atoms with Crippen molar-refractivity contribution in [1.29, 1.82) is 0 Å². The molecule has 0 aliphatic carbocycles. The molecule has 1 unspecified atom stereocenters. The van der Waals surface area contributed by atoms with Crippen LogP contribution in [-0.4, -0.2) is 16.9 Å². The minimum absolute atomic E-state index is 0.0142. The van der Waals surface area contributed by atoms with Crippen LogP contribution in [0, 0.1) is 16.6 Å². The molecular weight excluding hydrogens is 451 g/mol. The van der Waals surface area contributed by atoms with E-state index < -0.39 is 28.2 Å². The number of benzene rings is 2. The van der Waals surface area contributed by atoms with Gasteiger partial charge in [-0.2, -0.15) is 0 Å². The molecule has 7 nitrogen and oxygen atoms in total. The van der Waals surface area contributed by atoms with Crippen LogP contribution >= 0.6 is 0 Å². The van der Waals surface area contributed by atoms with E-state index in [0.717, 1.165) is 0 Å². The van der Waals surface area contributed by atoms with Crippen molar-refractivity contribution in [3.8, 4) is 11.3 Å². The Morgan fingerprint density at radius 1 is 0.914 bits per heavy atom. The van der Waals surface area contributed by atoms with Crippen LogP contribution in [0.25, 0.3) is 22.3 Å². The molecule has 8 heteroatoms. The molecule has 2 aromatic carbocycles. The number of aliphatic hydroxyl groups is 1. The zero-order chi connectivity index (χ0) is 26.3. The molecule has 0 aliphatic heterocycles. The molecule has 1 aromatic heterocycles. The van der Waals surface area contributed by atoms with Crippen molar-refractivity contribution in [3.05, 3.63) is 58.0 Å². The highest BCUT2D eigenvalue weighted by atomic mass is 19.1. The highest BCUT2D eigenvalue weighted by Gasteiger charge is 2.24. The maximum atomic E-state index is 14.8. The van der Waals surface area contributed by atoms with Crippen molar-refractivity contribution in [2.24, 2.45) is 10.8 Å². The number of hydrogen-bond acceptors (Lipinski definition) is 5. The van der Waals surface area contributed by atoms with Crippen molar-refractivity contribution < 1.29 is 23.5 Å². The Labute approximate surface area is 203 Å². The average Bonchev–Trinajstić information content (AvgIpc) is 2.73. The summed E-state index contributed by atoms with van der Waals surface area (Å²) in [4.78, 5) is 37.9. The van der Waals surface area contributed by atoms with Crippen LogP contribution < -0.4 is 16.1 Å². The van der Waals surface area contributed by atoms with Gasteiger partial charge in [-0.3, -0.25) is 14.4 Å². The van der Waals surface area contributed by atoms with E-state index in [2.05, 4.69) is 10.6 Å². The van der Waals surface area contributed by atoms with Crippen LogP contribution in [0.1, 0.15) is 60.1 Å². The van der Waals surface area contributed by atoms with Crippen molar-refractivity contribution in [1.82, 2.24) is 0 Å². The van der Waals surface area contributed by atoms with Crippen molar-refractivity contribution in [2.75, 3.05) is 10.6 Å². The van der Waals surface area contributed by atoms with Gasteiger partial charge in [0.2, 0.25) is 11.8 Å². The van der Waals surface area contributed by atoms with Gasteiger partial charge in [-0.15, -0.1) is 0 Å². The number of aliphatic hydroxyl groups excluding tert-OH is 1. The third kappa shape index (κ3) is 5.77. The van der Waals surface area contributed by atoms with E-state index in [1.165, 1.54) is 30.3 Å². The standard InChI is InChI=1S/C27H31FN2O5/c1-14(31)16-11-19(30-25(34)27(5,6)7)23-20(32)13-21(35-22(23)12-16)15-8-9-18(17(28)10-15)29-24(33)26(2,3)4/h8-14,31H,1-7H3,(H,29,33)(H,30,34). The van der Waals surface area contributed by atoms with Crippen LogP contribution in [0.2, 0.25) is 0 Å². The van der Waals surface area contributed by atoms with Gasteiger partial charge in [0.25, 0.3) is 0 Å². The summed E-state index contributed by atoms with van der Waals surface area (Å²) >= 11 is 0. The highest BCUT2D eigenvalue weighted by Crippen LogP contribution is 2.32. The average molecular weight is 483 g/mol. The number of rotatable bonds is 4. The molecule has 0 saturated carbocycles. The Kier molecular flexibility index (Phi) is 6.90. The molecule has 0 fully saturated rings. The lowest BCUT2D eigenvalue weighted by molar-refractivity contribution is -0.123. The first-order valence-corrected chi connectivity index (χ1v) is 11.3. The molecule has 3 rings (SSSR count). The van der Waals surface area contributed by atoms with Gasteiger partial charge in [-0.05, 0) is 42.8 Å². The quantitative estimate of drug-likeness (QED) is 0.447. The van der Waals surface area contributed by atoms with E-state index in [4.69, 9.17) is 4.42 Å². The Bertz CT molecular complexity index is 1360. The van der Waals surface area contributed by atoms with E-state index in [0.29, 0.717) is 5.56 Å². The predicted octanol–water partition coefficient (Wildman–Crippen LogP) is 5.62. The maximum absolute atomic E-state index is 14.8. The summed E-state index contributed by atoms with van der Waals surface area (Å²) < 4.78 is 20.7. The van der Waals surface area contributed by atoms with Gasteiger partial charge in [0.15, 0.2) is 5.43 Å².